The van der Waals surface area contributed by atoms with Gasteiger partial charge in [0, 0.05) is 17.0 Å². The third-order valence-electron chi connectivity index (χ3n) is 4.66. The Bertz CT molecular complexity index is 762. The van der Waals surface area contributed by atoms with Gasteiger partial charge in [0.15, 0.2) is 0 Å². The highest BCUT2D eigenvalue weighted by atomic mass is 32.1. The normalized spacial score (nSPS) is 17.0. The van der Waals surface area contributed by atoms with Gasteiger partial charge in [0.2, 0.25) is 0 Å². The van der Waals surface area contributed by atoms with E-state index in [0.717, 1.165) is 36.6 Å². The van der Waals surface area contributed by atoms with Gasteiger partial charge in [-0.05, 0) is 43.6 Å². The highest BCUT2D eigenvalue weighted by Crippen LogP contribution is 2.41. The Morgan fingerprint density at radius 1 is 0.957 bits per heavy atom. The molecule has 0 spiro atoms. The van der Waals surface area contributed by atoms with Crippen LogP contribution in [0.2, 0.25) is 0 Å². The van der Waals surface area contributed by atoms with Crippen LogP contribution in [-0.4, -0.2) is 23.1 Å². The number of thiazole rings is 1. The van der Waals surface area contributed by atoms with E-state index in [0.29, 0.717) is 0 Å². The summed E-state index contributed by atoms with van der Waals surface area (Å²) in [7, 11) is 0. The molecule has 1 aliphatic heterocycles. The average Bonchev–Trinajstić information content (AvgIpc) is 3.14. The minimum Gasteiger partial charge on any atom is -0.317 e. The molecule has 0 saturated carbocycles. The van der Waals surface area contributed by atoms with E-state index in [-0.39, 0.29) is 5.41 Å². The quantitative estimate of drug-likeness (QED) is 0.795. The van der Waals surface area contributed by atoms with Crippen LogP contribution in [0.4, 0.5) is 0 Å². The molecule has 1 aromatic carbocycles. The molecular weight excluding hydrogens is 302 g/mol. The number of pyridine rings is 1. The van der Waals surface area contributed by atoms with E-state index in [1.165, 1.54) is 11.3 Å². The number of nitrogens with zero attached hydrogens (tertiary/aromatic N) is 2. The van der Waals surface area contributed by atoms with Crippen LogP contribution < -0.4 is 5.32 Å². The molecule has 0 unspecified atom stereocenters. The zero-order valence-corrected chi connectivity index (χ0v) is 13.7. The number of hydrogen-bond donors (Lipinski definition) is 1. The molecule has 0 bridgehead atoms. The lowest BCUT2D eigenvalue weighted by Crippen LogP contribution is -2.41. The molecule has 4 rings (SSSR count). The van der Waals surface area contributed by atoms with Crippen molar-refractivity contribution in [3.05, 3.63) is 71.4 Å². The Morgan fingerprint density at radius 2 is 1.74 bits per heavy atom. The van der Waals surface area contributed by atoms with Gasteiger partial charge in [0.25, 0.3) is 0 Å². The van der Waals surface area contributed by atoms with Crippen LogP contribution in [0, 0.1) is 0 Å². The average molecular weight is 321 g/mol. The van der Waals surface area contributed by atoms with Crippen molar-refractivity contribution < 1.29 is 0 Å². The number of benzene rings is 1. The Morgan fingerprint density at radius 3 is 2.48 bits per heavy atom. The molecule has 2 aromatic heterocycles. The van der Waals surface area contributed by atoms with E-state index < -0.39 is 0 Å². The molecule has 1 fully saturated rings. The monoisotopic (exact) mass is 321 g/mol. The van der Waals surface area contributed by atoms with Crippen LogP contribution in [0.3, 0.4) is 0 Å². The smallest absolute Gasteiger partial charge is 0.142 e. The first-order chi connectivity index (χ1) is 11.4. The number of aromatic nitrogens is 2. The van der Waals surface area contributed by atoms with Gasteiger partial charge in [-0.3, -0.25) is 4.98 Å². The Hall–Kier alpha value is -2.04. The van der Waals surface area contributed by atoms with Crippen molar-refractivity contribution in [1.82, 2.24) is 15.3 Å². The lowest BCUT2D eigenvalue weighted by molar-refractivity contribution is 0.356. The summed E-state index contributed by atoms with van der Waals surface area (Å²) < 4.78 is 0. The van der Waals surface area contributed by atoms with Gasteiger partial charge in [-0.1, -0.05) is 36.4 Å². The largest absolute Gasteiger partial charge is 0.317 e. The molecule has 1 N–H and O–H groups in total. The lowest BCUT2D eigenvalue weighted by atomic mass is 9.71. The number of nitrogens with one attached hydrogen (secondary N) is 1. The van der Waals surface area contributed by atoms with E-state index in [4.69, 9.17) is 4.98 Å². The summed E-state index contributed by atoms with van der Waals surface area (Å²) >= 11 is 1.70. The van der Waals surface area contributed by atoms with Gasteiger partial charge in [-0.2, -0.15) is 0 Å². The fourth-order valence-corrected chi connectivity index (χ4v) is 4.30. The summed E-state index contributed by atoms with van der Waals surface area (Å²) in [5, 5.41) is 6.71. The van der Waals surface area contributed by atoms with E-state index in [2.05, 4.69) is 46.0 Å². The third kappa shape index (κ3) is 2.69. The molecular formula is C19H19N3S. The van der Waals surface area contributed by atoms with Gasteiger partial charge in [-0.25, -0.2) is 4.98 Å². The van der Waals surface area contributed by atoms with Crippen LogP contribution in [0.1, 0.15) is 24.1 Å². The van der Waals surface area contributed by atoms with Gasteiger partial charge in [0.05, 0.1) is 11.4 Å². The molecule has 3 aromatic rings. The molecule has 0 radical (unpaired) electrons. The number of rotatable bonds is 3. The Balaban J connectivity index is 1.78. The molecule has 0 atom stereocenters. The minimum absolute atomic E-state index is 0.0238. The molecule has 1 aliphatic rings. The molecule has 116 valence electrons. The standard InChI is InChI=1S/C19H19N3S/c1-2-6-15(7-3-1)19(9-12-20-13-10-19)17-14-23-18(22-17)16-8-4-5-11-21-16/h1-8,11,14,20H,9-10,12-13H2. The highest BCUT2D eigenvalue weighted by Gasteiger charge is 2.37. The van der Waals surface area contributed by atoms with Crippen molar-refractivity contribution >= 4 is 11.3 Å². The zero-order chi connectivity index (χ0) is 15.5. The number of piperidine rings is 1. The Labute approximate surface area is 140 Å². The van der Waals surface area contributed by atoms with Crippen LogP contribution in [0.25, 0.3) is 10.7 Å². The molecule has 3 nitrogen and oxygen atoms in total. The maximum atomic E-state index is 4.98. The van der Waals surface area contributed by atoms with E-state index in [1.807, 2.05) is 24.4 Å². The van der Waals surface area contributed by atoms with Crippen LogP contribution in [-0.2, 0) is 5.41 Å². The van der Waals surface area contributed by atoms with Crippen molar-refractivity contribution in [2.45, 2.75) is 18.3 Å². The predicted molar refractivity (Wildman–Crippen MR) is 94.7 cm³/mol. The molecule has 23 heavy (non-hydrogen) atoms. The van der Waals surface area contributed by atoms with Crippen molar-refractivity contribution in [1.29, 1.82) is 0 Å². The van der Waals surface area contributed by atoms with Crippen LogP contribution >= 0.6 is 11.3 Å². The SMILES string of the molecule is c1ccc(C2(c3csc(-c4ccccn4)n3)CCNCC2)cc1. The second-order valence-corrected chi connectivity index (χ2v) is 6.81. The summed E-state index contributed by atoms with van der Waals surface area (Å²) in [6, 6.07) is 16.8. The second kappa shape index (κ2) is 6.22. The predicted octanol–water partition coefficient (Wildman–Crippen LogP) is 3.87. The topological polar surface area (TPSA) is 37.8 Å². The second-order valence-electron chi connectivity index (χ2n) is 5.95. The fourth-order valence-electron chi connectivity index (χ4n) is 3.40. The molecule has 1 saturated heterocycles. The first-order valence-electron chi connectivity index (χ1n) is 8.02. The van der Waals surface area contributed by atoms with Crippen molar-refractivity contribution in [2.75, 3.05) is 13.1 Å². The maximum absolute atomic E-state index is 4.98. The summed E-state index contributed by atoms with van der Waals surface area (Å²) in [5.41, 5.74) is 3.55. The minimum atomic E-state index is 0.0238. The van der Waals surface area contributed by atoms with Crippen molar-refractivity contribution in [3.63, 3.8) is 0 Å². The van der Waals surface area contributed by atoms with Gasteiger partial charge in [-0.15, -0.1) is 11.3 Å². The number of hydrogen-bond acceptors (Lipinski definition) is 4. The lowest BCUT2D eigenvalue weighted by Gasteiger charge is -2.37. The van der Waals surface area contributed by atoms with Crippen LogP contribution in [0.5, 0.6) is 0 Å². The summed E-state index contributed by atoms with van der Waals surface area (Å²) in [4.78, 5) is 9.42. The van der Waals surface area contributed by atoms with E-state index in [9.17, 15) is 0 Å². The fraction of sp³-hybridized carbons (Fsp3) is 0.263. The maximum Gasteiger partial charge on any atom is 0.142 e. The summed E-state index contributed by atoms with van der Waals surface area (Å²) in [6.45, 7) is 2.07. The Kier molecular flexibility index (Phi) is 3.93. The van der Waals surface area contributed by atoms with Crippen molar-refractivity contribution in [2.24, 2.45) is 0 Å². The summed E-state index contributed by atoms with van der Waals surface area (Å²) in [5.74, 6) is 0. The molecule has 3 heterocycles. The van der Waals surface area contributed by atoms with Crippen LogP contribution in [0.15, 0.2) is 60.1 Å². The van der Waals surface area contributed by atoms with Gasteiger partial charge >= 0.3 is 0 Å². The zero-order valence-electron chi connectivity index (χ0n) is 12.9. The highest BCUT2D eigenvalue weighted by molar-refractivity contribution is 7.13. The molecule has 0 amide bonds. The third-order valence-corrected chi connectivity index (χ3v) is 5.53. The molecule has 0 aliphatic carbocycles. The van der Waals surface area contributed by atoms with E-state index in [1.54, 1.807) is 11.3 Å². The summed E-state index contributed by atoms with van der Waals surface area (Å²) in [6.07, 6.45) is 4.00. The van der Waals surface area contributed by atoms with Gasteiger partial charge in [0.1, 0.15) is 5.01 Å². The first-order valence-corrected chi connectivity index (χ1v) is 8.90. The van der Waals surface area contributed by atoms with Crippen molar-refractivity contribution in [3.8, 4) is 10.7 Å². The first kappa shape index (κ1) is 14.5. The molecule has 4 heteroatoms. The van der Waals surface area contributed by atoms with E-state index >= 15 is 0 Å². The van der Waals surface area contributed by atoms with Gasteiger partial charge < -0.3 is 5.32 Å².